The molecule has 8 nitrogen and oxygen atoms in total. The number of amides is 2. The van der Waals surface area contributed by atoms with Gasteiger partial charge in [0, 0.05) is 12.2 Å². The summed E-state index contributed by atoms with van der Waals surface area (Å²) in [6, 6.07) is 13.3. The smallest absolute Gasteiger partial charge is 0.339 e. The molecule has 2 rings (SSSR count). The zero-order valence-electron chi connectivity index (χ0n) is 17.8. The Kier molecular flexibility index (Phi) is 8.75. The molecule has 0 saturated heterocycles. The maximum atomic E-state index is 12.6. The molecule has 0 radical (unpaired) electrons. The van der Waals surface area contributed by atoms with Gasteiger partial charge < -0.3 is 19.7 Å². The molecule has 0 fully saturated rings. The summed E-state index contributed by atoms with van der Waals surface area (Å²) < 4.78 is 9.76. The third-order valence-electron chi connectivity index (χ3n) is 4.48. The number of ether oxygens (including phenoxy) is 2. The van der Waals surface area contributed by atoms with Gasteiger partial charge in [0.15, 0.2) is 6.61 Å². The first-order valence-electron chi connectivity index (χ1n) is 9.85. The molecule has 164 valence electrons. The minimum Gasteiger partial charge on any atom is -0.465 e. The fourth-order valence-electron chi connectivity index (χ4n) is 2.88. The van der Waals surface area contributed by atoms with Crippen molar-refractivity contribution in [1.82, 2.24) is 4.90 Å². The van der Waals surface area contributed by atoms with Gasteiger partial charge in [0.05, 0.1) is 24.8 Å². The van der Waals surface area contributed by atoms with Gasteiger partial charge in [-0.05, 0) is 37.1 Å². The lowest BCUT2D eigenvalue weighted by molar-refractivity contribution is -0.137. The van der Waals surface area contributed by atoms with Gasteiger partial charge in [-0.1, -0.05) is 37.3 Å². The van der Waals surface area contributed by atoms with Crippen molar-refractivity contribution in [3.63, 3.8) is 0 Å². The van der Waals surface area contributed by atoms with E-state index in [4.69, 9.17) is 4.74 Å². The molecule has 1 N–H and O–H groups in total. The molecule has 0 unspecified atom stereocenters. The molecule has 0 aliphatic carbocycles. The van der Waals surface area contributed by atoms with Crippen LogP contribution < -0.4 is 5.32 Å². The molecule has 0 atom stereocenters. The van der Waals surface area contributed by atoms with E-state index in [1.54, 1.807) is 18.2 Å². The minimum atomic E-state index is -0.824. The highest BCUT2D eigenvalue weighted by Crippen LogP contribution is 2.14. The number of hydrogen-bond acceptors (Lipinski definition) is 6. The second-order valence-electron chi connectivity index (χ2n) is 6.79. The standard InChI is InChI=1S/C23H26N2O6/c1-4-13-25(14-20(26)24-19-12-8-5-9-16(19)2)21(27)15-31-23(29)18-11-7-6-10-17(18)22(28)30-3/h5-12H,4,13-15H2,1-3H3,(H,24,26). The molecule has 0 aliphatic heterocycles. The van der Waals surface area contributed by atoms with Crippen LogP contribution in [-0.4, -0.2) is 55.5 Å². The summed E-state index contributed by atoms with van der Waals surface area (Å²) in [6.45, 7) is 3.36. The first-order valence-corrected chi connectivity index (χ1v) is 9.85. The average molecular weight is 426 g/mol. The summed E-state index contributed by atoms with van der Waals surface area (Å²) >= 11 is 0. The molecular weight excluding hydrogens is 400 g/mol. The van der Waals surface area contributed by atoms with E-state index in [2.05, 4.69) is 10.1 Å². The molecule has 31 heavy (non-hydrogen) atoms. The summed E-state index contributed by atoms with van der Waals surface area (Å²) in [5, 5.41) is 2.78. The van der Waals surface area contributed by atoms with E-state index in [1.807, 2.05) is 32.0 Å². The molecule has 0 aliphatic rings. The second-order valence-corrected chi connectivity index (χ2v) is 6.79. The number of esters is 2. The Hall–Kier alpha value is -3.68. The predicted molar refractivity (Wildman–Crippen MR) is 115 cm³/mol. The van der Waals surface area contributed by atoms with Crippen LogP contribution in [0.1, 0.15) is 39.6 Å². The zero-order valence-corrected chi connectivity index (χ0v) is 17.8. The van der Waals surface area contributed by atoms with E-state index in [1.165, 1.54) is 24.1 Å². The number of nitrogens with zero attached hydrogens (tertiary/aromatic N) is 1. The fraction of sp³-hybridized carbons (Fsp3) is 0.304. The lowest BCUT2D eigenvalue weighted by Crippen LogP contribution is -2.40. The van der Waals surface area contributed by atoms with Gasteiger partial charge in [0.1, 0.15) is 0 Å². The molecule has 0 saturated carbocycles. The van der Waals surface area contributed by atoms with Crippen molar-refractivity contribution < 1.29 is 28.7 Å². The largest absolute Gasteiger partial charge is 0.465 e. The number of rotatable bonds is 9. The molecule has 0 spiro atoms. The van der Waals surface area contributed by atoms with Gasteiger partial charge in [-0.15, -0.1) is 0 Å². The first kappa shape index (κ1) is 23.6. The molecule has 8 heteroatoms. The van der Waals surface area contributed by atoms with E-state index in [-0.39, 0.29) is 23.6 Å². The van der Waals surface area contributed by atoms with Crippen molar-refractivity contribution in [2.45, 2.75) is 20.3 Å². The number of nitrogens with one attached hydrogen (secondary N) is 1. The van der Waals surface area contributed by atoms with Gasteiger partial charge in [-0.25, -0.2) is 9.59 Å². The van der Waals surface area contributed by atoms with Crippen LogP contribution in [0.25, 0.3) is 0 Å². The molecule has 2 aromatic rings. The quantitative estimate of drug-likeness (QED) is 0.619. The van der Waals surface area contributed by atoms with Gasteiger partial charge in [0.25, 0.3) is 5.91 Å². The summed E-state index contributed by atoms with van der Waals surface area (Å²) in [5.41, 5.74) is 1.62. The van der Waals surface area contributed by atoms with E-state index in [9.17, 15) is 19.2 Å². The van der Waals surface area contributed by atoms with Crippen LogP contribution in [0.5, 0.6) is 0 Å². The Balaban J connectivity index is 1.99. The molecule has 2 aromatic carbocycles. The van der Waals surface area contributed by atoms with Gasteiger partial charge in [0.2, 0.25) is 5.91 Å². The van der Waals surface area contributed by atoms with Crippen molar-refractivity contribution >= 4 is 29.4 Å². The fourth-order valence-corrected chi connectivity index (χ4v) is 2.88. The third-order valence-corrected chi connectivity index (χ3v) is 4.48. The number of carbonyl (C=O) groups excluding carboxylic acids is 4. The number of methoxy groups -OCH3 is 1. The van der Waals surface area contributed by atoms with Crippen LogP contribution in [-0.2, 0) is 19.1 Å². The van der Waals surface area contributed by atoms with E-state index < -0.39 is 24.5 Å². The van der Waals surface area contributed by atoms with Crippen molar-refractivity contribution in [2.24, 2.45) is 0 Å². The van der Waals surface area contributed by atoms with Crippen LogP contribution in [0.3, 0.4) is 0 Å². The molecule has 2 amide bonds. The molecular formula is C23H26N2O6. The predicted octanol–water partition coefficient (Wildman–Crippen LogP) is 2.82. The molecule has 0 heterocycles. The Labute approximate surface area is 181 Å². The van der Waals surface area contributed by atoms with Gasteiger partial charge >= 0.3 is 11.9 Å². The number of carbonyl (C=O) groups is 4. The third kappa shape index (κ3) is 6.67. The van der Waals surface area contributed by atoms with E-state index in [0.29, 0.717) is 18.7 Å². The summed E-state index contributed by atoms with van der Waals surface area (Å²) in [7, 11) is 1.21. The Morgan fingerprint density at radius 2 is 1.55 bits per heavy atom. The van der Waals surface area contributed by atoms with Gasteiger partial charge in [-0.3, -0.25) is 9.59 Å². The number of hydrogen-bond donors (Lipinski definition) is 1. The lowest BCUT2D eigenvalue weighted by Gasteiger charge is -2.22. The number of anilines is 1. The first-order chi connectivity index (χ1) is 14.9. The monoisotopic (exact) mass is 426 g/mol. The van der Waals surface area contributed by atoms with Crippen molar-refractivity contribution in [1.29, 1.82) is 0 Å². The number of para-hydroxylation sites is 1. The lowest BCUT2D eigenvalue weighted by atomic mass is 10.1. The Morgan fingerprint density at radius 1 is 0.935 bits per heavy atom. The Bertz CT molecular complexity index is 957. The summed E-state index contributed by atoms with van der Waals surface area (Å²) in [4.78, 5) is 50.5. The maximum absolute atomic E-state index is 12.6. The highest BCUT2D eigenvalue weighted by molar-refractivity contribution is 6.03. The topological polar surface area (TPSA) is 102 Å². The molecule has 0 aromatic heterocycles. The second kappa shape index (κ2) is 11.5. The van der Waals surface area contributed by atoms with Crippen LogP contribution in [0.4, 0.5) is 5.69 Å². The van der Waals surface area contributed by atoms with Gasteiger partial charge in [-0.2, -0.15) is 0 Å². The van der Waals surface area contributed by atoms with Crippen molar-refractivity contribution in [3.05, 3.63) is 65.2 Å². The zero-order chi connectivity index (χ0) is 22.8. The minimum absolute atomic E-state index is 0.00138. The summed E-state index contributed by atoms with van der Waals surface area (Å²) in [6.07, 6.45) is 0.627. The highest BCUT2D eigenvalue weighted by atomic mass is 16.5. The molecule has 0 bridgehead atoms. The van der Waals surface area contributed by atoms with E-state index in [0.717, 1.165) is 5.56 Å². The van der Waals surface area contributed by atoms with Crippen LogP contribution in [0.15, 0.2) is 48.5 Å². The highest BCUT2D eigenvalue weighted by Gasteiger charge is 2.22. The van der Waals surface area contributed by atoms with Crippen LogP contribution >= 0.6 is 0 Å². The average Bonchev–Trinajstić information content (AvgIpc) is 2.78. The number of aryl methyl sites for hydroxylation is 1. The summed E-state index contributed by atoms with van der Waals surface area (Å²) in [5.74, 6) is -2.36. The maximum Gasteiger partial charge on any atom is 0.339 e. The van der Waals surface area contributed by atoms with E-state index >= 15 is 0 Å². The van der Waals surface area contributed by atoms with Crippen LogP contribution in [0, 0.1) is 6.92 Å². The van der Waals surface area contributed by atoms with Crippen molar-refractivity contribution in [2.75, 3.05) is 32.1 Å². The Morgan fingerprint density at radius 3 is 2.16 bits per heavy atom. The van der Waals surface area contributed by atoms with Crippen molar-refractivity contribution in [3.8, 4) is 0 Å². The number of benzene rings is 2. The SMILES string of the molecule is CCCN(CC(=O)Nc1ccccc1C)C(=O)COC(=O)c1ccccc1C(=O)OC. The normalized spacial score (nSPS) is 10.2. The van der Waals surface area contributed by atoms with Crippen LogP contribution in [0.2, 0.25) is 0 Å².